The number of alkyl halides is 3. The van der Waals surface area contributed by atoms with Crippen LogP contribution < -0.4 is 10.6 Å². The van der Waals surface area contributed by atoms with Crippen LogP contribution in [0.1, 0.15) is 34.3 Å². The van der Waals surface area contributed by atoms with Crippen molar-refractivity contribution in [1.82, 2.24) is 15.5 Å². The molecule has 3 rings (SSSR count). The van der Waals surface area contributed by atoms with Crippen molar-refractivity contribution in [1.29, 1.82) is 0 Å². The SMILES string of the molecule is O=C(NCCNC(=O)C1CCN(Cc2ccc(Cl)cc2)CC1)c1cc(F)cc(C(F)(F)F)c1. The van der Waals surface area contributed by atoms with Crippen molar-refractivity contribution in [3.63, 3.8) is 0 Å². The van der Waals surface area contributed by atoms with Crippen molar-refractivity contribution in [3.8, 4) is 0 Å². The summed E-state index contributed by atoms with van der Waals surface area (Å²) in [5.41, 5.74) is -0.510. The highest BCUT2D eigenvalue weighted by atomic mass is 35.5. The van der Waals surface area contributed by atoms with Gasteiger partial charge in [-0.2, -0.15) is 13.2 Å². The molecule has 1 aliphatic heterocycles. The number of nitrogens with zero attached hydrogens (tertiary/aromatic N) is 1. The van der Waals surface area contributed by atoms with Crippen molar-refractivity contribution >= 4 is 23.4 Å². The maximum Gasteiger partial charge on any atom is 0.416 e. The first-order valence-electron chi connectivity index (χ1n) is 10.5. The lowest BCUT2D eigenvalue weighted by molar-refractivity contribution is -0.137. The van der Waals surface area contributed by atoms with Crippen LogP contribution in [0.4, 0.5) is 17.6 Å². The Morgan fingerprint density at radius 3 is 2.27 bits per heavy atom. The van der Waals surface area contributed by atoms with E-state index < -0.39 is 29.0 Å². The average molecular weight is 486 g/mol. The molecule has 0 aliphatic carbocycles. The lowest BCUT2D eigenvalue weighted by Gasteiger charge is -2.31. The molecule has 0 spiro atoms. The number of hydrogen-bond donors (Lipinski definition) is 2. The Bertz CT molecular complexity index is 975. The molecule has 2 aromatic rings. The molecule has 1 saturated heterocycles. The molecule has 0 radical (unpaired) electrons. The molecular formula is C23H24ClF4N3O2. The Labute approximate surface area is 194 Å². The van der Waals surface area contributed by atoms with Crippen molar-refractivity contribution in [2.45, 2.75) is 25.6 Å². The Kier molecular flexibility index (Phi) is 8.31. The van der Waals surface area contributed by atoms with Gasteiger partial charge in [-0.3, -0.25) is 14.5 Å². The summed E-state index contributed by atoms with van der Waals surface area (Å²) in [4.78, 5) is 26.7. The zero-order chi connectivity index (χ0) is 24.0. The monoisotopic (exact) mass is 485 g/mol. The summed E-state index contributed by atoms with van der Waals surface area (Å²) in [6.45, 7) is 2.47. The van der Waals surface area contributed by atoms with Gasteiger partial charge in [0.1, 0.15) is 5.82 Å². The van der Waals surface area contributed by atoms with Crippen LogP contribution in [0.3, 0.4) is 0 Å². The predicted octanol–water partition coefficient (Wildman–Crippen LogP) is 4.26. The second-order valence-electron chi connectivity index (χ2n) is 7.95. The minimum absolute atomic E-state index is 0.0118. The van der Waals surface area contributed by atoms with Gasteiger partial charge in [0.05, 0.1) is 5.56 Å². The number of piperidine rings is 1. The summed E-state index contributed by atoms with van der Waals surface area (Å²) in [7, 11) is 0. The topological polar surface area (TPSA) is 61.4 Å². The lowest BCUT2D eigenvalue weighted by Crippen LogP contribution is -2.42. The van der Waals surface area contributed by atoms with Crippen LogP contribution in [-0.2, 0) is 17.5 Å². The number of rotatable bonds is 7. The fourth-order valence-corrected chi connectivity index (χ4v) is 3.82. The summed E-state index contributed by atoms with van der Waals surface area (Å²) in [6.07, 6.45) is -3.35. The Hall–Kier alpha value is -2.65. The molecular weight excluding hydrogens is 462 g/mol. The number of carbonyl (C=O) groups is 2. The highest BCUT2D eigenvalue weighted by Crippen LogP contribution is 2.30. The first kappa shape index (κ1) is 25.0. The normalized spacial score (nSPS) is 15.3. The molecule has 1 aliphatic rings. The van der Waals surface area contributed by atoms with Gasteiger partial charge in [0.25, 0.3) is 5.91 Å². The van der Waals surface area contributed by atoms with E-state index in [9.17, 15) is 27.2 Å². The van der Waals surface area contributed by atoms with E-state index in [0.29, 0.717) is 30.0 Å². The smallest absolute Gasteiger partial charge is 0.354 e. The predicted molar refractivity (Wildman–Crippen MR) is 116 cm³/mol. The molecule has 2 amide bonds. The molecule has 0 atom stereocenters. The zero-order valence-corrected chi connectivity index (χ0v) is 18.5. The Balaban J connectivity index is 1.38. The van der Waals surface area contributed by atoms with Gasteiger partial charge in [-0.1, -0.05) is 23.7 Å². The molecule has 178 valence electrons. The van der Waals surface area contributed by atoms with Gasteiger partial charge >= 0.3 is 6.18 Å². The van der Waals surface area contributed by atoms with Crippen LogP contribution >= 0.6 is 11.6 Å². The zero-order valence-electron chi connectivity index (χ0n) is 17.7. The number of likely N-dealkylation sites (tertiary alicyclic amines) is 1. The van der Waals surface area contributed by atoms with Crippen molar-refractivity contribution in [3.05, 3.63) is 70.0 Å². The summed E-state index contributed by atoms with van der Waals surface area (Å²) >= 11 is 5.90. The van der Waals surface area contributed by atoms with E-state index >= 15 is 0 Å². The van der Waals surface area contributed by atoms with Crippen molar-refractivity contribution < 1.29 is 27.2 Å². The molecule has 0 unspecified atom stereocenters. The molecule has 1 heterocycles. The summed E-state index contributed by atoms with van der Waals surface area (Å²) in [6, 6.07) is 9.30. The maximum atomic E-state index is 13.4. The number of nitrogens with one attached hydrogen (secondary N) is 2. The van der Waals surface area contributed by atoms with E-state index in [1.165, 1.54) is 0 Å². The lowest BCUT2D eigenvalue weighted by atomic mass is 9.95. The van der Waals surface area contributed by atoms with E-state index in [2.05, 4.69) is 15.5 Å². The first-order chi connectivity index (χ1) is 15.6. The second kappa shape index (κ2) is 11.0. The highest BCUT2D eigenvalue weighted by molar-refractivity contribution is 6.30. The van der Waals surface area contributed by atoms with E-state index in [0.717, 1.165) is 31.3 Å². The van der Waals surface area contributed by atoms with Crippen molar-refractivity contribution in [2.75, 3.05) is 26.2 Å². The largest absolute Gasteiger partial charge is 0.416 e. The quantitative estimate of drug-likeness (QED) is 0.455. The molecule has 2 aromatic carbocycles. The third kappa shape index (κ3) is 7.43. The van der Waals surface area contributed by atoms with E-state index in [1.54, 1.807) is 0 Å². The minimum atomic E-state index is -4.75. The van der Waals surface area contributed by atoms with E-state index in [4.69, 9.17) is 11.6 Å². The van der Waals surface area contributed by atoms with Crippen LogP contribution in [0.25, 0.3) is 0 Å². The maximum absolute atomic E-state index is 13.4. The van der Waals surface area contributed by atoms with E-state index in [1.807, 2.05) is 24.3 Å². The summed E-state index contributed by atoms with van der Waals surface area (Å²) in [5, 5.41) is 5.82. The number of benzene rings is 2. The number of amides is 2. The fourth-order valence-electron chi connectivity index (χ4n) is 3.69. The van der Waals surface area contributed by atoms with Crippen LogP contribution in [0, 0.1) is 11.7 Å². The van der Waals surface area contributed by atoms with Crippen LogP contribution in [0.15, 0.2) is 42.5 Å². The molecule has 10 heteroatoms. The van der Waals surface area contributed by atoms with Crippen LogP contribution in [-0.4, -0.2) is 42.9 Å². The van der Waals surface area contributed by atoms with Gasteiger partial charge in [-0.05, 0) is 61.8 Å². The number of hydrogen-bond acceptors (Lipinski definition) is 3. The Morgan fingerprint density at radius 2 is 1.64 bits per heavy atom. The summed E-state index contributed by atoms with van der Waals surface area (Å²) < 4.78 is 51.8. The standard InChI is InChI=1S/C23H24ClF4N3O2/c24-19-3-1-15(2-4-19)14-31-9-5-16(6-10-31)21(32)29-7-8-30-22(33)17-11-18(23(26,27)28)13-20(25)12-17/h1-4,11-13,16H,5-10,14H2,(H,29,32)(H,30,33). The third-order valence-electron chi connectivity index (χ3n) is 5.47. The number of halogens is 5. The molecule has 0 aromatic heterocycles. The molecule has 33 heavy (non-hydrogen) atoms. The molecule has 0 bridgehead atoms. The minimum Gasteiger partial charge on any atom is -0.354 e. The van der Waals surface area contributed by atoms with Crippen LogP contribution in [0.2, 0.25) is 5.02 Å². The number of carbonyl (C=O) groups excluding carboxylic acids is 2. The van der Waals surface area contributed by atoms with Gasteiger partial charge < -0.3 is 10.6 Å². The van der Waals surface area contributed by atoms with Crippen molar-refractivity contribution in [2.24, 2.45) is 5.92 Å². The van der Waals surface area contributed by atoms with Gasteiger partial charge in [0.2, 0.25) is 5.91 Å². The first-order valence-corrected chi connectivity index (χ1v) is 10.9. The third-order valence-corrected chi connectivity index (χ3v) is 5.73. The van der Waals surface area contributed by atoms with Gasteiger partial charge in [0, 0.05) is 36.1 Å². The molecule has 1 fully saturated rings. The fraction of sp³-hybridized carbons (Fsp3) is 0.391. The molecule has 0 saturated carbocycles. The molecule has 2 N–H and O–H groups in total. The van der Waals surface area contributed by atoms with Gasteiger partial charge in [0.15, 0.2) is 0 Å². The average Bonchev–Trinajstić information content (AvgIpc) is 2.77. The Morgan fingerprint density at radius 1 is 1.00 bits per heavy atom. The van der Waals surface area contributed by atoms with Crippen LogP contribution in [0.5, 0.6) is 0 Å². The van der Waals surface area contributed by atoms with Gasteiger partial charge in [-0.15, -0.1) is 0 Å². The second-order valence-corrected chi connectivity index (χ2v) is 8.39. The van der Waals surface area contributed by atoms with E-state index in [-0.39, 0.29) is 24.9 Å². The molecule has 5 nitrogen and oxygen atoms in total. The van der Waals surface area contributed by atoms with Gasteiger partial charge in [-0.25, -0.2) is 4.39 Å². The summed E-state index contributed by atoms with van der Waals surface area (Å²) in [5.74, 6) is -2.25. The highest BCUT2D eigenvalue weighted by Gasteiger charge is 2.32.